The number of carbonyl (C=O) groups is 1. The fourth-order valence-corrected chi connectivity index (χ4v) is 2.79. The van der Waals surface area contributed by atoms with E-state index in [0.29, 0.717) is 28.1 Å². The second-order valence-electron chi connectivity index (χ2n) is 4.93. The predicted molar refractivity (Wildman–Crippen MR) is 95.6 cm³/mol. The number of hydrogen-bond donors (Lipinski definition) is 1. The zero-order valence-corrected chi connectivity index (χ0v) is 15.1. The number of methoxy groups -OCH3 is 1. The molecule has 0 aromatic heterocycles. The number of aryl methyl sites for hydroxylation is 1. The van der Waals surface area contributed by atoms with Gasteiger partial charge in [0.25, 0.3) is 5.91 Å². The van der Waals surface area contributed by atoms with Crippen LogP contribution in [0.2, 0.25) is 0 Å². The first-order valence-corrected chi connectivity index (χ1v) is 8.29. The molecule has 0 saturated heterocycles. The largest absolute Gasteiger partial charge is 0.492 e. The maximum absolute atomic E-state index is 12.4. The average Bonchev–Trinajstić information content (AvgIpc) is 2.55. The number of carbonyl (C=O) groups excluding carboxylic acids is 1. The molecule has 1 N–H and O–H groups in total. The summed E-state index contributed by atoms with van der Waals surface area (Å²) in [7, 11) is 1.57. The number of anilines is 1. The van der Waals surface area contributed by atoms with E-state index in [1.54, 1.807) is 19.2 Å². The van der Waals surface area contributed by atoms with Gasteiger partial charge in [0, 0.05) is 11.3 Å². The molecule has 2 aromatic carbocycles. The second kappa shape index (κ2) is 8.02. The van der Waals surface area contributed by atoms with Crippen molar-refractivity contribution in [1.82, 2.24) is 0 Å². The third-order valence-corrected chi connectivity index (χ3v) is 3.98. The third kappa shape index (κ3) is 4.26. The van der Waals surface area contributed by atoms with Crippen molar-refractivity contribution < 1.29 is 14.3 Å². The predicted octanol–water partition coefficient (Wildman–Crippen LogP) is 4.67. The van der Waals surface area contributed by atoms with Crippen molar-refractivity contribution in [2.24, 2.45) is 0 Å². The van der Waals surface area contributed by atoms with Crippen LogP contribution in [0.3, 0.4) is 0 Å². The number of nitrogens with one attached hydrogen (secondary N) is 1. The molecule has 1 amide bonds. The molecule has 0 aliphatic carbocycles. The van der Waals surface area contributed by atoms with Gasteiger partial charge < -0.3 is 14.8 Å². The second-order valence-corrected chi connectivity index (χ2v) is 5.78. The number of hydrogen-bond acceptors (Lipinski definition) is 3. The fraction of sp³-hybridized carbons (Fsp3) is 0.278. The Hall–Kier alpha value is -2.01. The van der Waals surface area contributed by atoms with Crippen molar-refractivity contribution in [1.29, 1.82) is 0 Å². The summed E-state index contributed by atoms with van der Waals surface area (Å²) in [6, 6.07) is 11.2. The lowest BCUT2D eigenvalue weighted by molar-refractivity contribution is 0.102. The van der Waals surface area contributed by atoms with E-state index < -0.39 is 0 Å². The molecule has 0 radical (unpaired) electrons. The molecule has 23 heavy (non-hydrogen) atoms. The molecular weight excluding hydrogens is 358 g/mol. The van der Waals surface area contributed by atoms with Gasteiger partial charge >= 0.3 is 0 Å². The van der Waals surface area contributed by atoms with Gasteiger partial charge in [-0.25, -0.2) is 0 Å². The van der Waals surface area contributed by atoms with Crippen molar-refractivity contribution in [3.63, 3.8) is 0 Å². The molecule has 0 spiro atoms. The highest BCUT2D eigenvalue weighted by Crippen LogP contribution is 2.36. The molecule has 0 aliphatic rings. The van der Waals surface area contributed by atoms with Crippen molar-refractivity contribution in [3.8, 4) is 11.5 Å². The molecule has 0 aliphatic heterocycles. The Balaban J connectivity index is 2.24. The van der Waals surface area contributed by atoms with Crippen LogP contribution in [0.4, 0.5) is 5.69 Å². The first-order valence-electron chi connectivity index (χ1n) is 7.49. The van der Waals surface area contributed by atoms with Gasteiger partial charge in [0.1, 0.15) is 0 Å². The summed E-state index contributed by atoms with van der Waals surface area (Å²) in [5.74, 6) is 0.921. The zero-order chi connectivity index (χ0) is 16.8. The smallest absolute Gasteiger partial charge is 0.255 e. The van der Waals surface area contributed by atoms with E-state index in [-0.39, 0.29) is 5.91 Å². The Kier molecular flexibility index (Phi) is 6.04. The topological polar surface area (TPSA) is 47.6 Å². The number of rotatable bonds is 6. The van der Waals surface area contributed by atoms with Gasteiger partial charge in [-0.15, -0.1) is 0 Å². The van der Waals surface area contributed by atoms with Crippen LogP contribution >= 0.6 is 15.9 Å². The Morgan fingerprint density at radius 1 is 1.17 bits per heavy atom. The number of amides is 1. The summed E-state index contributed by atoms with van der Waals surface area (Å²) < 4.78 is 11.5. The van der Waals surface area contributed by atoms with Crippen molar-refractivity contribution in [3.05, 3.63) is 52.0 Å². The third-order valence-electron chi connectivity index (χ3n) is 3.40. The monoisotopic (exact) mass is 377 g/mol. The molecule has 0 saturated carbocycles. The fourth-order valence-electron chi connectivity index (χ4n) is 2.19. The minimum absolute atomic E-state index is 0.196. The van der Waals surface area contributed by atoms with E-state index in [4.69, 9.17) is 9.47 Å². The number of halogens is 1. The van der Waals surface area contributed by atoms with E-state index in [9.17, 15) is 4.79 Å². The van der Waals surface area contributed by atoms with Gasteiger partial charge in [-0.2, -0.15) is 0 Å². The maximum Gasteiger partial charge on any atom is 0.255 e. The molecule has 2 aromatic rings. The van der Waals surface area contributed by atoms with Crippen molar-refractivity contribution >= 4 is 27.5 Å². The molecule has 0 unspecified atom stereocenters. The molecule has 5 heteroatoms. The Morgan fingerprint density at radius 3 is 2.43 bits per heavy atom. The summed E-state index contributed by atoms with van der Waals surface area (Å²) in [5, 5.41) is 2.89. The van der Waals surface area contributed by atoms with E-state index in [0.717, 1.165) is 12.1 Å². The standard InChI is InChI=1S/C18H20BrNO3/c1-4-12-6-8-14(9-7-12)20-18(21)13-10-15(19)17(22-3)16(11-13)23-5-2/h6-11H,4-5H2,1-3H3,(H,20,21). The normalized spacial score (nSPS) is 10.3. The summed E-state index contributed by atoms with van der Waals surface area (Å²) in [4.78, 5) is 12.4. The molecule has 122 valence electrons. The lowest BCUT2D eigenvalue weighted by Crippen LogP contribution is -2.12. The van der Waals surface area contributed by atoms with Crippen LogP contribution in [0.1, 0.15) is 29.8 Å². The van der Waals surface area contributed by atoms with Crippen LogP contribution in [-0.2, 0) is 6.42 Å². The lowest BCUT2D eigenvalue weighted by Gasteiger charge is -2.13. The minimum atomic E-state index is -0.196. The maximum atomic E-state index is 12.4. The zero-order valence-electron chi connectivity index (χ0n) is 13.5. The molecule has 0 heterocycles. The van der Waals surface area contributed by atoms with Gasteiger partial charge in [0.05, 0.1) is 18.2 Å². The van der Waals surface area contributed by atoms with E-state index in [1.165, 1.54) is 5.56 Å². The molecular formula is C18H20BrNO3. The Morgan fingerprint density at radius 2 is 1.87 bits per heavy atom. The average molecular weight is 378 g/mol. The van der Waals surface area contributed by atoms with Gasteiger partial charge in [-0.3, -0.25) is 4.79 Å². The summed E-state index contributed by atoms with van der Waals surface area (Å²) in [6.45, 7) is 4.47. The molecule has 0 fully saturated rings. The Bertz CT molecular complexity index is 683. The minimum Gasteiger partial charge on any atom is -0.492 e. The highest BCUT2D eigenvalue weighted by molar-refractivity contribution is 9.10. The number of benzene rings is 2. The van der Waals surface area contributed by atoms with Crippen molar-refractivity contribution in [2.45, 2.75) is 20.3 Å². The quantitative estimate of drug-likeness (QED) is 0.795. The van der Waals surface area contributed by atoms with Crippen LogP contribution in [0.15, 0.2) is 40.9 Å². The van der Waals surface area contributed by atoms with Crippen LogP contribution in [0.25, 0.3) is 0 Å². The first-order chi connectivity index (χ1) is 11.1. The van der Waals surface area contributed by atoms with Gasteiger partial charge in [0.2, 0.25) is 0 Å². The highest BCUT2D eigenvalue weighted by Gasteiger charge is 2.15. The first kappa shape index (κ1) is 17.3. The van der Waals surface area contributed by atoms with Crippen molar-refractivity contribution in [2.75, 3.05) is 19.0 Å². The SMILES string of the molecule is CCOc1cc(C(=O)Nc2ccc(CC)cc2)cc(Br)c1OC. The van der Waals surface area contributed by atoms with Crippen LogP contribution in [0, 0.1) is 0 Å². The van der Waals surface area contributed by atoms with Crippen LogP contribution in [-0.4, -0.2) is 19.6 Å². The molecule has 0 bridgehead atoms. The number of ether oxygens (including phenoxy) is 2. The molecule has 4 nitrogen and oxygen atoms in total. The highest BCUT2D eigenvalue weighted by atomic mass is 79.9. The van der Waals surface area contributed by atoms with E-state index in [2.05, 4.69) is 28.2 Å². The van der Waals surface area contributed by atoms with Gasteiger partial charge in [-0.1, -0.05) is 19.1 Å². The summed E-state index contributed by atoms with van der Waals surface area (Å²) >= 11 is 3.42. The molecule has 0 atom stereocenters. The van der Waals surface area contributed by atoms with E-state index >= 15 is 0 Å². The van der Waals surface area contributed by atoms with Gasteiger partial charge in [0.15, 0.2) is 11.5 Å². The van der Waals surface area contributed by atoms with Crippen LogP contribution < -0.4 is 14.8 Å². The van der Waals surface area contributed by atoms with Crippen LogP contribution in [0.5, 0.6) is 11.5 Å². The lowest BCUT2D eigenvalue weighted by atomic mass is 10.1. The summed E-state index contributed by atoms with van der Waals surface area (Å²) in [5.41, 5.74) is 2.49. The summed E-state index contributed by atoms with van der Waals surface area (Å²) in [6.07, 6.45) is 0.970. The van der Waals surface area contributed by atoms with E-state index in [1.807, 2.05) is 31.2 Å². The molecule has 2 rings (SSSR count). The van der Waals surface area contributed by atoms with Gasteiger partial charge in [-0.05, 0) is 59.1 Å². The Labute approximate surface area is 144 Å².